The van der Waals surface area contributed by atoms with Crippen LogP contribution in [0.5, 0.6) is 0 Å². The highest BCUT2D eigenvalue weighted by Crippen LogP contribution is 2.07. The molecule has 3 amide bonds. The first kappa shape index (κ1) is 23.8. The van der Waals surface area contributed by atoms with E-state index in [2.05, 4.69) is 10.6 Å². The fourth-order valence-electron chi connectivity index (χ4n) is 2.24. The number of hydrogen-bond donors (Lipinski definition) is 6. The molecule has 0 fully saturated rings. The molecule has 3 unspecified atom stereocenters. The van der Waals surface area contributed by atoms with Crippen molar-refractivity contribution in [2.45, 2.75) is 64.1 Å². The number of aliphatic carboxylic acids is 1. The summed E-state index contributed by atoms with van der Waals surface area (Å²) in [4.78, 5) is 46.6. The number of hydrogen-bond acceptors (Lipinski definition) is 6. The number of carbonyl (C=O) groups is 4. The molecule has 10 nitrogen and oxygen atoms in total. The molecule has 10 heteroatoms. The third-order valence-electron chi connectivity index (χ3n) is 3.85. The van der Waals surface area contributed by atoms with Crippen LogP contribution in [-0.4, -0.2) is 53.5 Å². The molecule has 0 saturated heterocycles. The molecule has 150 valence electrons. The molecular formula is C16H31N5O5. The van der Waals surface area contributed by atoms with Gasteiger partial charge >= 0.3 is 5.97 Å². The van der Waals surface area contributed by atoms with E-state index in [1.807, 2.05) is 0 Å². The van der Waals surface area contributed by atoms with Crippen molar-refractivity contribution in [2.75, 3.05) is 6.54 Å². The Balaban J connectivity index is 4.84. The van der Waals surface area contributed by atoms with Gasteiger partial charge in [-0.15, -0.1) is 0 Å². The molecule has 9 N–H and O–H groups in total. The number of amides is 3. The first-order valence-corrected chi connectivity index (χ1v) is 8.67. The molecule has 26 heavy (non-hydrogen) atoms. The lowest BCUT2D eigenvalue weighted by Crippen LogP contribution is -2.56. The number of rotatable bonds is 13. The van der Waals surface area contributed by atoms with Crippen LogP contribution in [0.4, 0.5) is 0 Å². The predicted molar refractivity (Wildman–Crippen MR) is 95.6 cm³/mol. The summed E-state index contributed by atoms with van der Waals surface area (Å²) in [7, 11) is 0. The Morgan fingerprint density at radius 3 is 2.08 bits per heavy atom. The van der Waals surface area contributed by atoms with Gasteiger partial charge in [-0.05, 0) is 38.1 Å². The minimum atomic E-state index is -1.15. The largest absolute Gasteiger partial charge is 0.480 e. The molecule has 0 heterocycles. The Morgan fingerprint density at radius 2 is 1.62 bits per heavy atom. The fourth-order valence-corrected chi connectivity index (χ4v) is 2.24. The van der Waals surface area contributed by atoms with E-state index in [9.17, 15) is 24.3 Å². The number of nitrogens with two attached hydrogens (primary N) is 3. The van der Waals surface area contributed by atoms with Crippen molar-refractivity contribution in [3.8, 4) is 0 Å². The first-order valence-electron chi connectivity index (χ1n) is 8.67. The third-order valence-corrected chi connectivity index (χ3v) is 3.85. The zero-order chi connectivity index (χ0) is 20.3. The maximum absolute atomic E-state index is 12.4. The van der Waals surface area contributed by atoms with E-state index in [1.54, 1.807) is 13.8 Å². The predicted octanol–water partition coefficient (Wildman–Crippen LogP) is -1.58. The average molecular weight is 373 g/mol. The molecule has 0 aromatic rings. The first-order chi connectivity index (χ1) is 12.1. The third kappa shape index (κ3) is 9.33. The number of nitrogens with one attached hydrogen (secondary N) is 2. The van der Waals surface area contributed by atoms with Gasteiger partial charge in [0.25, 0.3) is 0 Å². The van der Waals surface area contributed by atoms with Crippen LogP contribution >= 0.6 is 0 Å². The van der Waals surface area contributed by atoms with Crippen LogP contribution in [0.15, 0.2) is 0 Å². The molecule has 3 atom stereocenters. The van der Waals surface area contributed by atoms with Crippen LogP contribution in [-0.2, 0) is 19.2 Å². The van der Waals surface area contributed by atoms with Crippen molar-refractivity contribution in [3.05, 3.63) is 0 Å². The Bertz CT molecular complexity index is 497. The van der Waals surface area contributed by atoms with E-state index in [0.29, 0.717) is 19.4 Å². The normalized spacial score (nSPS) is 14.3. The summed E-state index contributed by atoms with van der Waals surface area (Å²) in [6, 6.07) is -2.99. The van der Waals surface area contributed by atoms with Crippen molar-refractivity contribution in [1.82, 2.24) is 10.6 Å². The summed E-state index contributed by atoms with van der Waals surface area (Å²) in [5.74, 6) is -3.22. The SMILES string of the molecule is CC(C)C(NC(=O)C(N)CCC(N)=O)C(=O)NC(CCCCN)C(=O)O. The monoisotopic (exact) mass is 373 g/mol. The number of carboxylic acids is 1. The molecule has 0 aromatic carbocycles. The summed E-state index contributed by atoms with van der Waals surface area (Å²) in [5, 5.41) is 14.2. The quantitative estimate of drug-likeness (QED) is 0.210. The van der Waals surface area contributed by atoms with Gasteiger partial charge in [0.1, 0.15) is 12.1 Å². The van der Waals surface area contributed by atoms with Crippen molar-refractivity contribution >= 4 is 23.7 Å². The Kier molecular flexibility index (Phi) is 11.2. The van der Waals surface area contributed by atoms with E-state index < -0.39 is 41.8 Å². The van der Waals surface area contributed by atoms with E-state index in [1.165, 1.54) is 0 Å². The van der Waals surface area contributed by atoms with E-state index in [0.717, 1.165) is 0 Å². The van der Waals surface area contributed by atoms with Crippen molar-refractivity contribution < 1.29 is 24.3 Å². The summed E-state index contributed by atoms with van der Waals surface area (Å²) >= 11 is 0. The van der Waals surface area contributed by atoms with Gasteiger partial charge in [0, 0.05) is 6.42 Å². The van der Waals surface area contributed by atoms with Crippen LogP contribution in [0.1, 0.15) is 46.0 Å². The molecule has 0 aliphatic carbocycles. The molecule has 0 aliphatic rings. The lowest BCUT2D eigenvalue weighted by atomic mass is 10.0. The Labute approximate surface area is 153 Å². The van der Waals surface area contributed by atoms with Crippen molar-refractivity contribution in [2.24, 2.45) is 23.1 Å². The second-order valence-electron chi connectivity index (χ2n) is 6.53. The molecule has 0 bridgehead atoms. The lowest BCUT2D eigenvalue weighted by molar-refractivity contribution is -0.142. The molecule has 0 spiro atoms. The summed E-state index contributed by atoms with van der Waals surface area (Å²) in [6.45, 7) is 3.86. The number of carboxylic acid groups (broad SMARTS) is 1. The topological polar surface area (TPSA) is 191 Å². The zero-order valence-electron chi connectivity index (χ0n) is 15.4. The molecular weight excluding hydrogens is 342 g/mol. The fraction of sp³-hybridized carbons (Fsp3) is 0.750. The minimum Gasteiger partial charge on any atom is -0.480 e. The van der Waals surface area contributed by atoms with Gasteiger partial charge < -0.3 is 32.9 Å². The summed E-state index contributed by atoms with van der Waals surface area (Å²) < 4.78 is 0. The minimum absolute atomic E-state index is 0.0463. The van der Waals surface area contributed by atoms with Crippen LogP contribution in [0.2, 0.25) is 0 Å². The number of primary amides is 1. The van der Waals surface area contributed by atoms with Crippen LogP contribution in [0.25, 0.3) is 0 Å². The highest BCUT2D eigenvalue weighted by Gasteiger charge is 2.29. The Morgan fingerprint density at radius 1 is 1.00 bits per heavy atom. The standard InChI is InChI=1S/C16H31N5O5/c1-9(2)13(21-14(23)10(18)6-7-12(19)22)15(24)20-11(16(25)26)5-3-4-8-17/h9-11,13H,3-8,17-18H2,1-2H3,(H2,19,22)(H,20,24)(H,21,23)(H,25,26). The maximum atomic E-state index is 12.4. The van der Waals surface area contributed by atoms with E-state index >= 15 is 0 Å². The molecule has 0 radical (unpaired) electrons. The van der Waals surface area contributed by atoms with Crippen LogP contribution in [0.3, 0.4) is 0 Å². The molecule has 0 rings (SSSR count). The van der Waals surface area contributed by atoms with Gasteiger partial charge in [0.05, 0.1) is 6.04 Å². The molecule has 0 aliphatic heterocycles. The van der Waals surface area contributed by atoms with E-state index in [4.69, 9.17) is 17.2 Å². The lowest BCUT2D eigenvalue weighted by Gasteiger charge is -2.25. The summed E-state index contributed by atoms with van der Waals surface area (Å²) in [5.41, 5.74) is 16.1. The van der Waals surface area contributed by atoms with Gasteiger partial charge in [-0.1, -0.05) is 13.8 Å². The van der Waals surface area contributed by atoms with Gasteiger partial charge in [0.15, 0.2) is 0 Å². The summed E-state index contributed by atoms with van der Waals surface area (Å²) in [6.07, 6.45) is 1.47. The number of carbonyl (C=O) groups excluding carboxylic acids is 3. The maximum Gasteiger partial charge on any atom is 0.326 e. The average Bonchev–Trinajstić information content (AvgIpc) is 2.55. The van der Waals surface area contributed by atoms with Crippen molar-refractivity contribution in [3.63, 3.8) is 0 Å². The Hall–Kier alpha value is -2.20. The highest BCUT2D eigenvalue weighted by atomic mass is 16.4. The molecule has 0 aromatic heterocycles. The number of unbranched alkanes of at least 4 members (excludes halogenated alkanes) is 1. The second-order valence-corrected chi connectivity index (χ2v) is 6.53. The van der Waals surface area contributed by atoms with Gasteiger partial charge in [0.2, 0.25) is 17.7 Å². The highest BCUT2D eigenvalue weighted by molar-refractivity contribution is 5.92. The zero-order valence-corrected chi connectivity index (χ0v) is 15.4. The molecule has 0 saturated carbocycles. The van der Waals surface area contributed by atoms with Crippen LogP contribution < -0.4 is 27.8 Å². The van der Waals surface area contributed by atoms with Gasteiger partial charge in [-0.2, -0.15) is 0 Å². The smallest absolute Gasteiger partial charge is 0.326 e. The van der Waals surface area contributed by atoms with E-state index in [-0.39, 0.29) is 25.2 Å². The van der Waals surface area contributed by atoms with Gasteiger partial charge in [-0.3, -0.25) is 14.4 Å². The van der Waals surface area contributed by atoms with Gasteiger partial charge in [-0.25, -0.2) is 4.79 Å². The van der Waals surface area contributed by atoms with Crippen molar-refractivity contribution in [1.29, 1.82) is 0 Å². The second kappa shape index (κ2) is 12.2. The van der Waals surface area contributed by atoms with Crippen LogP contribution in [0, 0.1) is 5.92 Å².